The average molecular weight is 431 g/mol. The van der Waals surface area contributed by atoms with Gasteiger partial charge in [-0.3, -0.25) is 10.4 Å². The van der Waals surface area contributed by atoms with E-state index in [9.17, 15) is 5.26 Å². The van der Waals surface area contributed by atoms with E-state index in [4.69, 9.17) is 0 Å². The smallest absolute Gasteiger partial charge is 0.121 e. The van der Waals surface area contributed by atoms with Crippen molar-refractivity contribution in [2.75, 3.05) is 6.54 Å². The first-order valence-corrected chi connectivity index (χ1v) is 10.5. The summed E-state index contributed by atoms with van der Waals surface area (Å²) in [6.45, 7) is 23.6. The Morgan fingerprint density at radius 2 is 2.06 bits per heavy atom. The lowest BCUT2D eigenvalue weighted by Gasteiger charge is -2.13. The van der Waals surface area contributed by atoms with Crippen molar-refractivity contribution in [2.45, 2.75) is 46.6 Å². The van der Waals surface area contributed by atoms with Gasteiger partial charge in [0, 0.05) is 19.3 Å². The molecule has 0 saturated heterocycles. The van der Waals surface area contributed by atoms with Gasteiger partial charge in [0.2, 0.25) is 0 Å². The molecule has 168 valence electrons. The zero-order valence-electron chi connectivity index (χ0n) is 19.7. The molecular formula is C26H34N6. The molecule has 0 aromatic rings. The lowest BCUT2D eigenvalue weighted by molar-refractivity contribution is 0.833. The summed E-state index contributed by atoms with van der Waals surface area (Å²) in [5.74, 6) is 0.601. The molecule has 2 N–H and O–H groups in total. The predicted octanol–water partition coefficient (Wildman–Crippen LogP) is 5.31. The van der Waals surface area contributed by atoms with Gasteiger partial charge in [-0.05, 0) is 52.2 Å². The van der Waals surface area contributed by atoms with Crippen molar-refractivity contribution >= 4 is 18.3 Å². The summed E-state index contributed by atoms with van der Waals surface area (Å²) in [4.78, 5) is 9.07. The Bertz CT molecular complexity index is 974. The van der Waals surface area contributed by atoms with Crippen LogP contribution in [0.25, 0.3) is 0 Å². The average Bonchev–Trinajstić information content (AvgIpc) is 2.91. The summed E-state index contributed by atoms with van der Waals surface area (Å²) in [5.41, 5.74) is 8.14. The first-order valence-electron chi connectivity index (χ1n) is 10.5. The van der Waals surface area contributed by atoms with Gasteiger partial charge in [-0.25, -0.2) is 4.99 Å². The number of nitrogens with zero attached hydrogens (tertiary/aromatic N) is 4. The largest absolute Gasteiger partial charge is 0.380 e. The van der Waals surface area contributed by atoms with Gasteiger partial charge in [-0.1, -0.05) is 48.6 Å². The number of aliphatic imine (C=N–C) groups is 2. The second-order valence-electron chi connectivity index (χ2n) is 7.62. The lowest BCUT2D eigenvalue weighted by atomic mass is 10.0. The number of allylic oxidation sites excluding steroid dienone is 7. The van der Waals surface area contributed by atoms with Crippen molar-refractivity contribution < 1.29 is 0 Å². The van der Waals surface area contributed by atoms with Crippen molar-refractivity contribution in [3.63, 3.8) is 0 Å². The normalized spacial score (nSPS) is 15.0. The number of hydrogen-bond donors (Lipinski definition) is 2. The summed E-state index contributed by atoms with van der Waals surface area (Å²) in [6, 6.07) is 2.12. The number of hydrogen-bond acceptors (Lipinski definition) is 5. The highest BCUT2D eigenvalue weighted by Gasteiger charge is 2.10. The third-order valence-corrected chi connectivity index (χ3v) is 4.53. The van der Waals surface area contributed by atoms with E-state index in [-0.39, 0.29) is 11.6 Å². The molecule has 1 aliphatic rings. The Morgan fingerprint density at radius 1 is 1.34 bits per heavy atom. The third-order valence-electron chi connectivity index (χ3n) is 4.53. The highest BCUT2D eigenvalue weighted by molar-refractivity contribution is 6.13. The second-order valence-corrected chi connectivity index (χ2v) is 7.62. The molecule has 0 heterocycles. The molecule has 0 unspecified atom stereocenters. The van der Waals surface area contributed by atoms with E-state index in [1.54, 1.807) is 6.08 Å². The van der Waals surface area contributed by atoms with Crippen LogP contribution in [-0.4, -0.2) is 30.9 Å². The minimum atomic E-state index is 0.104. The Morgan fingerprint density at radius 3 is 2.66 bits per heavy atom. The van der Waals surface area contributed by atoms with Crippen LogP contribution in [0.3, 0.4) is 0 Å². The third kappa shape index (κ3) is 8.97. The van der Waals surface area contributed by atoms with E-state index in [1.165, 1.54) is 11.1 Å². The van der Waals surface area contributed by atoms with Crippen LogP contribution in [0.1, 0.15) is 40.5 Å². The second kappa shape index (κ2) is 13.6. The molecule has 1 rings (SSSR count). The van der Waals surface area contributed by atoms with Gasteiger partial charge in [-0.2, -0.15) is 10.4 Å². The van der Waals surface area contributed by atoms with Gasteiger partial charge in [-0.15, -0.1) is 6.58 Å². The van der Waals surface area contributed by atoms with Crippen LogP contribution in [0.2, 0.25) is 0 Å². The molecule has 0 aliphatic heterocycles. The van der Waals surface area contributed by atoms with Crippen molar-refractivity contribution in [3.05, 3.63) is 83.8 Å². The topological polar surface area (TPSA) is 84.9 Å². The summed E-state index contributed by atoms with van der Waals surface area (Å²) >= 11 is 0. The molecule has 6 heteroatoms. The number of nitriles is 1. The number of hydrazone groups is 1. The Hall–Kier alpha value is -3.72. The van der Waals surface area contributed by atoms with E-state index < -0.39 is 0 Å². The molecule has 0 radical (unpaired) electrons. The Kier molecular flexibility index (Phi) is 11.1. The fourth-order valence-electron chi connectivity index (χ4n) is 3.00. The van der Waals surface area contributed by atoms with Crippen molar-refractivity contribution in [1.29, 1.82) is 5.26 Å². The van der Waals surface area contributed by atoms with E-state index in [0.29, 0.717) is 29.5 Å². The quantitative estimate of drug-likeness (QED) is 0.116. The maximum Gasteiger partial charge on any atom is 0.121 e. The van der Waals surface area contributed by atoms with Crippen LogP contribution in [0.15, 0.2) is 98.9 Å². The van der Waals surface area contributed by atoms with Gasteiger partial charge in [0.05, 0.1) is 22.7 Å². The molecular weight excluding hydrogens is 396 g/mol. The molecule has 0 fully saturated rings. The number of rotatable bonds is 11. The van der Waals surface area contributed by atoms with Crippen LogP contribution in [0, 0.1) is 11.3 Å². The molecule has 0 bridgehead atoms. The van der Waals surface area contributed by atoms with Gasteiger partial charge < -0.3 is 5.32 Å². The summed E-state index contributed by atoms with van der Waals surface area (Å²) in [5, 5.41) is 16.2. The van der Waals surface area contributed by atoms with E-state index in [2.05, 4.69) is 77.4 Å². The maximum absolute atomic E-state index is 9.25. The van der Waals surface area contributed by atoms with E-state index >= 15 is 0 Å². The minimum absolute atomic E-state index is 0.104. The molecule has 32 heavy (non-hydrogen) atoms. The summed E-state index contributed by atoms with van der Waals surface area (Å²) in [6.07, 6.45) is 11.8. The van der Waals surface area contributed by atoms with Crippen LogP contribution >= 0.6 is 0 Å². The molecule has 6 nitrogen and oxygen atoms in total. The molecule has 0 aromatic heterocycles. The van der Waals surface area contributed by atoms with Gasteiger partial charge in [0.1, 0.15) is 11.9 Å². The first-order chi connectivity index (χ1) is 15.2. The Balaban J connectivity index is 3.21. The summed E-state index contributed by atoms with van der Waals surface area (Å²) in [7, 11) is 0. The maximum atomic E-state index is 9.25. The van der Waals surface area contributed by atoms with Gasteiger partial charge in [0.25, 0.3) is 0 Å². The summed E-state index contributed by atoms with van der Waals surface area (Å²) < 4.78 is 0. The monoisotopic (exact) mass is 430 g/mol. The Labute approximate surface area is 192 Å². The van der Waals surface area contributed by atoms with Crippen molar-refractivity contribution in [2.24, 2.45) is 15.1 Å². The molecule has 0 amide bonds. The molecule has 0 spiro atoms. The highest BCUT2D eigenvalue weighted by atomic mass is 15.3. The lowest BCUT2D eigenvalue weighted by Crippen LogP contribution is -2.22. The highest BCUT2D eigenvalue weighted by Crippen LogP contribution is 2.21. The van der Waals surface area contributed by atoms with Gasteiger partial charge in [0.15, 0.2) is 0 Å². The minimum Gasteiger partial charge on any atom is -0.380 e. The van der Waals surface area contributed by atoms with Crippen LogP contribution in [0.4, 0.5) is 0 Å². The molecule has 0 saturated carbocycles. The number of amidine groups is 1. The zero-order valence-corrected chi connectivity index (χ0v) is 19.7. The van der Waals surface area contributed by atoms with Crippen LogP contribution in [0.5, 0.6) is 0 Å². The van der Waals surface area contributed by atoms with Gasteiger partial charge >= 0.3 is 0 Å². The fraction of sp³-hybridized carbons (Fsp3) is 0.308. The SMILES string of the molecule is C=CCC1=C(C)C=C(CNC(=C)C(/C=C(\NN=C)C(=C)C#N)=NC(C)=NC(C)C)C=CC1. The standard InChI is InChI=1S/C26H34N6/c1-9-11-24-13-10-12-23(14-19(24)4)17-29-21(6)26(31-22(7)30-18(2)3)15-25(32-28-8)20(5)16-27/h9-10,12,14-15,18,29,32H,1,5-6,8,11,13,17H2,2-4,7H3/b25-15-,30-22?,31-26?. The van der Waals surface area contributed by atoms with Crippen molar-refractivity contribution in [1.82, 2.24) is 10.7 Å². The first kappa shape index (κ1) is 26.3. The number of nitrogens with one attached hydrogen (secondary N) is 2. The van der Waals surface area contributed by atoms with Crippen LogP contribution < -0.4 is 10.7 Å². The van der Waals surface area contributed by atoms with E-state index in [0.717, 1.165) is 18.4 Å². The molecule has 0 atom stereocenters. The fourth-order valence-corrected chi connectivity index (χ4v) is 3.00. The predicted molar refractivity (Wildman–Crippen MR) is 138 cm³/mol. The molecule has 1 aliphatic carbocycles. The van der Waals surface area contributed by atoms with Crippen molar-refractivity contribution in [3.8, 4) is 6.07 Å². The van der Waals surface area contributed by atoms with Crippen LogP contribution in [-0.2, 0) is 0 Å². The van der Waals surface area contributed by atoms with E-state index in [1.807, 2.05) is 32.9 Å². The zero-order chi connectivity index (χ0) is 24.1. The molecule has 0 aromatic carbocycles.